The highest BCUT2D eigenvalue weighted by molar-refractivity contribution is 5.10. The fourth-order valence-electron chi connectivity index (χ4n) is 4.40. The van der Waals surface area contributed by atoms with Gasteiger partial charge in [-0.3, -0.25) is 4.98 Å². The van der Waals surface area contributed by atoms with E-state index in [0.717, 1.165) is 24.8 Å². The molecule has 0 N–H and O–H groups in total. The molecule has 4 rings (SSSR count). The van der Waals surface area contributed by atoms with Crippen LogP contribution in [0.3, 0.4) is 0 Å². The first-order valence-corrected chi connectivity index (χ1v) is 8.78. The zero-order valence-electron chi connectivity index (χ0n) is 13.2. The van der Waals surface area contributed by atoms with Crippen LogP contribution in [0.2, 0.25) is 0 Å². The molecular weight excluding hydrogens is 272 g/mol. The van der Waals surface area contributed by atoms with Crippen LogP contribution in [0.4, 0.5) is 0 Å². The molecule has 2 saturated heterocycles. The normalized spacial score (nSPS) is 34.9. The van der Waals surface area contributed by atoms with Gasteiger partial charge in [0, 0.05) is 38.4 Å². The highest BCUT2D eigenvalue weighted by atomic mass is 16.5. The van der Waals surface area contributed by atoms with Gasteiger partial charge in [0.2, 0.25) is 0 Å². The fourth-order valence-corrected chi connectivity index (χ4v) is 4.40. The van der Waals surface area contributed by atoms with E-state index in [1.54, 1.807) is 0 Å². The van der Waals surface area contributed by atoms with Crippen molar-refractivity contribution in [2.45, 2.75) is 44.3 Å². The van der Waals surface area contributed by atoms with Crippen LogP contribution in [0.15, 0.2) is 36.7 Å². The minimum Gasteiger partial charge on any atom is -0.373 e. The first kappa shape index (κ1) is 14.4. The molecule has 0 unspecified atom stereocenters. The van der Waals surface area contributed by atoms with Crippen molar-refractivity contribution in [3.05, 3.63) is 42.2 Å². The van der Waals surface area contributed by atoms with Gasteiger partial charge < -0.3 is 9.64 Å². The smallest absolute Gasteiger partial charge is 0.0706 e. The standard InChI is InChI=1S/C19H26N2O/c1-2-6-17-13-21(12-16(17)5-1)14-19-8-7-18(22-19)10-15-4-3-9-20-11-15/h1-4,9,11,16-19H,5-8,10,12-14H2/t16-,17+,18-,19+/m0/s1. The molecule has 0 spiro atoms. The van der Waals surface area contributed by atoms with Crippen molar-refractivity contribution < 1.29 is 4.74 Å². The molecule has 4 atom stereocenters. The number of allylic oxidation sites excluding steroid dienone is 2. The zero-order chi connectivity index (χ0) is 14.8. The Labute approximate surface area is 133 Å². The van der Waals surface area contributed by atoms with E-state index in [0.29, 0.717) is 12.2 Å². The Morgan fingerprint density at radius 3 is 2.59 bits per heavy atom. The Morgan fingerprint density at radius 2 is 1.86 bits per heavy atom. The summed E-state index contributed by atoms with van der Waals surface area (Å²) in [6.45, 7) is 3.70. The number of ether oxygens (including phenoxy) is 1. The largest absolute Gasteiger partial charge is 0.373 e. The van der Waals surface area contributed by atoms with Gasteiger partial charge in [0.25, 0.3) is 0 Å². The van der Waals surface area contributed by atoms with E-state index >= 15 is 0 Å². The second-order valence-electron chi connectivity index (χ2n) is 7.20. The van der Waals surface area contributed by atoms with Gasteiger partial charge in [-0.1, -0.05) is 18.2 Å². The molecule has 2 aliphatic heterocycles. The monoisotopic (exact) mass is 298 g/mol. The summed E-state index contributed by atoms with van der Waals surface area (Å²) in [4.78, 5) is 6.85. The van der Waals surface area contributed by atoms with Gasteiger partial charge >= 0.3 is 0 Å². The van der Waals surface area contributed by atoms with E-state index in [9.17, 15) is 0 Å². The summed E-state index contributed by atoms with van der Waals surface area (Å²) in [5, 5.41) is 0. The second kappa shape index (κ2) is 6.51. The highest BCUT2D eigenvalue weighted by Crippen LogP contribution is 2.34. The molecule has 0 bridgehead atoms. The molecule has 3 nitrogen and oxygen atoms in total. The Kier molecular flexibility index (Phi) is 4.26. The zero-order valence-corrected chi connectivity index (χ0v) is 13.2. The fraction of sp³-hybridized carbons (Fsp3) is 0.632. The van der Waals surface area contributed by atoms with Crippen molar-refractivity contribution >= 4 is 0 Å². The molecule has 118 valence electrons. The van der Waals surface area contributed by atoms with E-state index in [-0.39, 0.29) is 0 Å². The van der Waals surface area contributed by atoms with Crippen LogP contribution in [0.25, 0.3) is 0 Å². The number of fused-ring (bicyclic) bond motifs is 1. The lowest BCUT2D eigenvalue weighted by molar-refractivity contribution is 0.0265. The van der Waals surface area contributed by atoms with Crippen molar-refractivity contribution in [3.63, 3.8) is 0 Å². The average molecular weight is 298 g/mol. The first-order chi connectivity index (χ1) is 10.9. The maximum absolute atomic E-state index is 6.30. The number of pyridine rings is 1. The Hall–Kier alpha value is -1.19. The lowest BCUT2D eigenvalue weighted by Crippen LogP contribution is -2.31. The number of aromatic nitrogens is 1. The minimum atomic E-state index is 0.390. The molecule has 0 amide bonds. The van der Waals surface area contributed by atoms with Gasteiger partial charge in [-0.15, -0.1) is 0 Å². The summed E-state index contributed by atoms with van der Waals surface area (Å²) in [5.41, 5.74) is 1.30. The molecule has 3 heteroatoms. The van der Waals surface area contributed by atoms with Crippen molar-refractivity contribution in [2.75, 3.05) is 19.6 Å². The van der Waals surface area contributed by atoms with Crippen molar-refractivity contribution in [3.8, 4) is 0 Å². The summed E-state index contributed by atoms with van der Waals surface area (Å²) >= 11 is 0. The van der Waals surface area contributed by atoms with Gasteiger partial charge in [-0.25, -0.2) is 0 Å². The third kappa shape index (κ3) is 3.26. The molecular formula is C19H26N2O. The van der Waals surface area contributed by atoms with Crippen LogP contribution in [0, 0.1) is 11.8 Å². The predicted octanol–water partition coefficient (Wildman–Crippen LogP) is 3.07. The van der Waals surface area contributed by atoms with Crippen LogP contribution in [-0.4, -0.2) is 41.7 Å². The topological polar surface area (TPSA) is 25.4 Å². The summed E-state index contributed by atoms with van der Waals surface area (Å²) in [5.74, 6) is 1.80. The molecule has 0 aromatic carbocycles. The number of rotatable bonds is 4. The molecule has 0 saturated carbocycles. The van der Waals surface area contributed by atoms with E-state index in [1.807, 2.05) is 18.5 Å². The van der Waals surface area contributed by atoms with Crippen molar-refractivity contribution in [1.82, 2.24) is 9.88 Å². The van der Waals surface area contributed by atoms with E-state index in [4.69, 9.17) is 4.74 Å². The molecule has 2 fully saturated rings. The Bertz CT molecular complexity index is 499. The van der Waals surface area contributed by atoms with Crippen LogP contribution >= 0.6 is 0 Å². The summed E-state index contributed by atoms with van der Waals surface area (Å²) in [6.07, 6.45) is 15.4. The summed E-state index contributed by atoms with van der Waals surface area (Å²) < 4.78 is 6.30. The Morgan fingerprint density at radius 1 is 1.09 bits per heavy atom. The van der Waals surface area contributed by atoms with E-state index in [1.165, 1.54) is 44.3 Å². The Balaban J connectivity index is 1.25. The van der Waals surface area contributed by atoms with Crippen LogP contribution in [0.1, 0.15) is 31.2 Å². The third-order valence-corrected chi connectivity index (χ3v) is 5.54. The summed E-state index contributed by atoms with van der Waals surface area (Å²) in [7, 11) is 0. The van der Waals surface area contributed by atoms with Gasteiger partial charge in [-0.05, 0) is 49.1 Å². The van der Waals surface area contributed by atoms with Gasteiger partial charge in [0.05, 0.1) is 12.2 Å². The van der Waals surface area contributed by atoms with E-state index in [2.05, 4.69) is 28.1 Å². The molecule has 3 aliphatic rings. The lowest BCUT2D eigenvalue weighted by Gasteiger charge is -2.21. The van der Waals surface area contributed by atoms with Crippen molar-refractivity contribution in [2.24, 2.45) is 11.8 Å². The third-order valence-electron chi connectivity index (χ3n) is 5.54. The number of nitrogens with zero attached hydrogens (tertiary/aromatic N) is 2. The summed E-state index contributed by atoms with van der Waals surface area (Å²) in [6, 6.07) is 4.17. The molecule has 0 radical (unpaired) electrons. The molecule has 1 aromatic heterocycles. The minimum absolute atomic E-state index is 0.390. The van der Waals surface area contributed by atoms with E-state index < -0.39 is 0 Å². The van der Waals surface area contributed by atoms with Crippen LogP contribution in [-0.2, 0) is 11.2 Å². The number of hydrogen-bond acceptors (Lipinski definition) is 3. The average Bonchev–Trinajstić information content (AvgIpc) is 3.14. The predicted molar refractivity (Wildman–Crippen MR) is 87.6 cm³/mol. The number of likely N-dealkylation sites (tertiary alicyclic amines) is 1. The van der Waals surface area contributed by atoms with Crippen molar-refractivity contribution in [1.29, 1.82) is 0 Å². The second-order valence-corrected chi connectivity index (χ2v) is 7.20. The molecule has 3 heterocycles. The number of hydrogen-bond donors (Lipinski definition) is 0. The van der Waals surface area contributed by atoms with Crippen LogP contribution < -0.4 is 0 Å². The van der Waals surface area contributed by atoms with Crippen LogP contribution in [0.5, 0.6) is 0 Å². The highest BCUT2D eigenvalue weighted by Gasteiger charge is 2.35. The first-order valence-electron chi connectivity index (χ1n) is 8.78. The quantitative estimate of drug-likeness (QED) is 0.799. The maximum atomic E-state index is 6.30. The van der Waals surface area contributed by atoms with Gasteiger partial charge in [-0.2, -0.15) is 0 Å². The molecule has 1 aromatic rings. The maximum Gasteiger partial charge on any atom is 0.0706 e. The molecule has 22 heavy (non-hydrogen) atoms. The lowest BCUT2D eigenvalue weighted by atomic mass is 9.86. The SMILES string of the molecule is C1=CC[C@H]2CN(C[C@H]3CC[C@@H](Cc4cccnc4)O3)C[C@H]2C1. The van der Waals surface area contributed by atoms with Gasteiger partial charge in [0.1, 0.15) is 0 Å². The van der Waals surface area contributed by atoms with Gasteiger partial charge in [0.15, 0.2) is 0 Å². The molecule has 1 aliphatic carbocycles.